The van der Waals surface area contributed by atoms with E-state index in [9.17, 15) is 4.79 Å². The lowest BCUT2D eigenvalue weighted by molar-refractivity contribution is 0.0117. The summed E-state index contributed by atoms with van der Waals surface area (Å²) in [5.41, 5.74) is 1.54. The highest BCUT2D eigenvalue weighted by atomic mass is 16.5. The van der Waals surface area contributed by atoms with E-state index >= 15 is 0 Å². The molecule has 2 aromatic rings. The van der Waals surface area contributed by atoms with Crippen LogP contribution in [-0.4, -0.2) is 60.2 Å². The number of benzene rings is 1. The maximum absolute atomic E-state index is 12.2. The molecule has 0 radical (unpaired) electrons. The van der Waals surface area contributed by atoms with Crippen LogP contribution in [-0.2, 0) is 4.74 Å². The van der Waals surface area contributed by atoms with E-state index in [-0.39, 0.29) is 5.91 Å². The van der Waals surface area contributed by atoms with Crippen LogP contribution in [0.25, 0.3) is 11.4 Å². The molecule has 26 heavy (non-hydrogen) atoms. The summed E-state index contributed by atoms with van der Waals surface area (Å²) < 4.78 is 5.89. The minimum Gasteiger partial charge on any atom is -0.378 e. The topological polar surface area (TPSA) is 67.3 Å². The summed E-state index contributed by atoms with van der Waals surface area (Å²) in [5.74, 6) is 0.593. The zero-order valence-corrected chi connectivity index (χ0v) is 15.2. The predicted molar refractivity (Wildman–Crippen MR) is 101 cm³/mol. The minimum atomic E-state index is -0.0650. The largest absolute Gasteiger partial charge is 0.378 e. The molecule has 1 aromatic heterocycles. The number of nitrogens with zero attached hydrogens (tertiary/aromatic N) is 3. The first-order chi connectivity index (χ1) is 12.7. The fraction of sp³-hybridized carbons (Fsp3) is 0.450. The van der Waals surface area contributed by atoms with Crippen LogP contribution in [0.3, 0.4) is 0 Å². The molecule has 0 bridgehead atoms. The molecular formula is C20H26N4O2. The number of carbonyl (C=O) groups is 1. The third-order valence-electron chi connectivity index (χ3n) is 4.60. The highest BCUT2D eigenvalue weighted by Gasteiger charge is 2.16. The Morgan fingerprint density at radius 1 is 1.19 bits per heavy atom. The van der Waals surface area contributed by atoms with E-state index in [4.69, 9.17) is 4.74 Å². The van der Waals surface area contributed by atoms with Crippen molar-refractivity contribution in [2.24, 2.45) is 0 Å². The van der Waals surface area contributed by atoms with Crippen LogP contribution >= 0.6 is 0 Å². The second kappa shape index (κ2) is 9.40. The molecular weight excluding hydrogens is 328 g/mol. The fourth-order valence-electron chi connectivity index (χ4n) is 3.00. The molecule has 0 saturated carbocycles. The molecule has 1 N–H and O–H groups in total. The van der Waals surface area contributed by atoms with Gasteiger partial charge in [0.1, 0.15) is 0 Å². The van der Waals surface area contributed by atoms with Crippen LogP contribution in [0.1, 0.15) is 29.6 Å². The van der Waals surface area contributed by atoms with E-state index in [0.29, 0.717) is 30.6 Å². The Bertz CT molecular complexity index is 683. The van der Waals surface area contributed by atoms with Crippen molar-refractivity contribution in [2.45, 2.75) is 25.4 Å². The molecule has 1 saturated heterocycles. The first-order valence-corrected chi connectivity index (χ1v) is 9.18. The van der Waals surface area contributed by atoms with Crippen molar-refractivity contribution in [3.8, 4) is 11.4 Å². The Morgan fingerprint density at radius 3 is 2.58 bits per heavy atom. The summed E-state index contributed by atoms with van der Waals surface area (Å²) >= 11 is 0. The van der Waals surface area contributed by atoms with Gasteiger partial charge in [-0.1, -0.05) is 12.1 Å². The first kappa shape index (κ1) is 18.5. The van der Waals surface area contributed by atoms with Crippen LogP contribution in [0.5, 0.6) is 0 Å². The standard InChI is InChI=1S/C20H26N4O2/c1-24-13-8-18(9-14-24)26-15-3-12-23-20(25)17-6-4-16(5-7-17)19-21-10-2-11-22-19/h2,4-7,10-11,18H,3,8-9,12-15H2,1H3,(H,23,25). The van der Waals surface area contributed by atoms with Gasteiger partial charge in [0.2, 0.25) is 0 Å². The number of amides is 1. The predicted octanol–water partition coefficient (Wildman–Crippen LogP) is 2.37. The van der Waals surface area contributed by atoms with E-state index in [1.807, 2.05) is 12.1 Å². The van der Waals surface area contributed by atoms with Gasteiger partial charge in [-0.25, -0.2) is 9.97 Å². The Hall–Kier alpha value is -2.31. The highest BCUT2D eigenvalue weighted by molar-refractivity contribution is 5.94. The van der Waals surface area contributed by atoms with E-state index in [1.54, 1.807) is 30.6 Å². The molecule has 1 aromatic carbocycles. The summed E-state index contributed by atoms with van der Waals surface area (Å²) in [6.45, 7) is 3.52. The van der Waals surface area contributed by atoms with Crippen LogP contribution in [0.15, 0.2) is 42.7 Å². The van der Waals surface area contributed by atoms with Crippen LogP contribution in [0.2, 0.25) is 0 Å². The Labute approximate surface area is 154 Å². The van der Waals surface area contributed by atoms with Crippen molar-refractivity contribution in [1.29, 1.82) is 0 Å². The smallest absolute Gasteiger partial charge is 0.251 e. The van der Waals surface area contributed by atoms with E-state index in [1.165, 1.54) is 0 Å². The number of hydrogen-bond donors (Lipinski definition) is 1. The SMILES string of the molecule is CN1CCC(OCCCNC(=O)c2ccc(-c3ncccn3)cc2)CC1. The summed E-state index contributed by atoms with van der Waals surface area (Å²) in [6, 6.07) is 9.12. The van der Waals surface area contributed by atoms with Gasteiger partial charge in [-0.3, -0.25) is 4.79 Å². The lowest BCUT2D eigenvalue weighted by atomic mass is 10.1. The average molecular weight is 354 g/mol. The molecule has 2 heterocycles. The number of carbonyl (C=O) groups excluding carboxylic acids is 1. The monoisotopic (exact) mass is 354 g/mol. The van der Waals surface area contributed by atoms with Crippen LogP contribution in [0.4, 0.5) is 0 Å². The molecule has 6 heteroatoms. The lowest BCUT2D eigenvalue weighted by Crippen LogP contribution is -2.34. The summed E-state index contributed by atoms with van der Waals surface area (Å²) in [6.07, 6.45) is 6.80. The number of nitrogens with one attached hydrogen (secondary N) is 1. The molecule has 6 nitrogen and oxygen atoms in total. The number of rotatable bonds is 7. The fourth-order valence-corrected chi connectivity index (χ4v) is 3.00. The van der Waals surface area contributed by atoms with Gasteiger partial charge >= 0.3 is 0 Å². The summed E-state index contributed by atoms with van der Waals surface area (Å²) in [4.78, 5) is 22.9. The molecule has 1 aliphatic heterocycles. The van der Waals surface area contributed by atoms with Gasteiger partial charge in [-0.15, -0.1) is 0 Å². The molecule has 1 amide bonds. The minimum absolute atomic E-state index is 0.0650. The number of ether oxygens (including phenoxy) is 1. The second-order valence-corrected chi connectivity index (χ2v) is 6.63. The molecule has 0 unspecified atom stereocenters. The van der Waals surface area contributed by atoms with Gasteiger partial charge in [-0.05, 0) is 44.5 Å². The molecule has 0 atom stereocenters. The number of piperidine rings is 1. The van der Waals surface area contributed by atoms with Crippen molar-refractivity contribution in [2.75, 3.05) is 33.3 Å². The number of hydrogen-bond acceptors (Lipinski definition) is 5. The van der Waals surface area contributed by atoms with E-state index in [2.05, 4.69) is 27.2 Å². The molecule has 3 rings (SSSR count). The maximum Gasteiger partial charge on any atom is 0.251 e. The first-order valence-electron chi connectivity index (χ1n) is 9.18. The number of aromatic nitrogens is 2. The van der Waals surface area contributed by atoms with Crippen molar-refractivity contribution in [3.05, 3.63) is 48.3 Å². The molecule has 1 fully saturated rings. The normalized spacial score (nSPS) is 15.7. The number of likely N-dealkylation sites (tertiary alicyclic amines) is 1. The van der Waals surface area contributed by atoms with E-state index < -0.39 is 0 Å². The van der Waals surface area contributed by atoms with Gasteiger partial charge in [-0.2, -0.15) is 0 Å². The molecule has 1 aliphatic rings. The Kier molecular flexibility index (Phi) is 6.68. The van der Waals surface area contributed by atoms with Crippen molar-refractivity contribution < 1.29 is 9.53 Å². The van der Waals surface area contributed by atoms with Crippen molar-refractivity contribution in [1.82, 2.24) is 20.2 Å². The summed E-state index contributed by atoms with van der Waals surface area (Å²) in [7, 11) is 2.14. The zero-order chi connectivity index (χ0) is 18.2. The second-order valence-electron chi connectivity index (χ2n) is 6.63. The third kappa shape index (κ3) is 5.34. The third-order valence-corrected chi connectivity index (χ3v) is 4.60. The quantitative estimate of drug-likeness (QED) is 0.773. The van der Waals surface area contributed by atoms with Crippen LogP contribution in [0, 0.1) is 0 Å². The van der Waals surface area contributed by atoms with Gasteiger partial charge in [0.15, 0.2) is 5.82 Å². The van der Waals surface area contributed by atoms with Crippen molar-refractivity contribution in [3.63, 3.8) is 0 Å². The van der Waals surface area contributed by atoms with Gasteiger partial charge in [0, 0.05) is 49.8 Å². The van der Waals surface area contributed by atoms with Gasteiger partial charge < -0.3 is 15.0 Å². The lowest BCUT2D eigenvalue weighted by Gasteiger charge is -2.28. The van der Waals surface area contributed by atoms with Crippen LogP contribution < -0.4 is 5.32 Å². The maximum atomic E-state index is 12.2. The zero-order valence-electron chi connectivity index (χ0n) is 15.2. The average Bonchev–Trinajstić information content (AvgIpc) is 2.70. The van der Waals surface area contributed by atoms with Gasteiger partial charge in [0.25, 0.3) is 5.91 Å². The molecule has 0 spiro atoms. The Balaban J connectivity index is 1.37. The van der Waals surface area contributed by atoms with Crippen molar-refractivity contribution >= 4 is 5.91 Å². The molecule has 138 valence electrons. The molecule has 0 aliphatic carbocycles. The highest BCUT2D eigenvalue weighted by Crippen LogP contribution is 2.15. The van der Waals surface area contributed by atoms with E-state index in [0.717, 1.165) is 37.9 Å². The summed E-state index contributed by atoms with van der Waals surface area (Å²) in [5, 5.41) is 2.94. The van der Waals surface area contributed by atoms with Gasteiger partial charge in [0.05, 0.1) is 6.10 Å². The Morgan fingerprint density at radius 2 is 1.88 bits per heavy atom.